The Hall–Kier alpha value is -0.413. The molecule has 32 heavy (non-hydrogen) atoms. The summed E-state index contributed by atoms with van der Waals surface area (Å²) in [6.45, 7) is 20.4. The highest BCUT2D eigenvalue weighted by Gasteiger charge is 2.28. The maximum atomic E-state index is 11.1. The van der Waals surface area contributed by atoms with Gasteiger partial charge in [-0.15, -0.1) is 11.8 Å². The van der Waals surface area contributed by atoms with Crippen LogP contribution in [0.1, 0.15) is 138 Å². The van der Waals surface area contributed by atoms with Crippen molar-refractivity contribution in [3.05, 3.63) is 23.3 Å². The lowest BCUT2D eigenvalue weighted by Crippen LogP contribution is -2.19. The van der Waals surface area contributed by atoms with Crippen molar-refractivity contribution in [2.45, 2.75) is 147 Å². The molecule has 1 rings (SSSR count). The standard InChI is InChI=1S/C29H52OSSi/c1-10-11-12-13-14-15-16-17-18-21-29(8,9)32-22-31-24-20-19-23(27(2,3)4)26(30)25(24)28(5,6)7/h19-20,30H,10-18,21-22H2,1-9H3. The first-order valence-electron chi connectivity index (χ1n) is 13.0. The zero-order valence-electron chi connectivity index (χ0n) is 22.8. The summed E-state index contributed by atoms with van der Waals surface area (Å²) in [5, 5.41) is 12.7. The van der Waals surface area contributed by atoms with Crippen LogP contribution in [-0.2, 0) is 10.8 Å². The van der Waals surface area contributed by atoms with Crippen LogP contribution < -0.4 is 0 Å². The molecule has 0 unspecified atom stereocenters. The van der Waals surface area contributed by atoms with Crippen molar-refractivity contribution < 1.29 is 5.11 Å². The minimum Gasteiger partial charge on any atom is -0.507 e. The summed E-state index contributed by atoms with van der Waals surface area (Å²) in [6.07, 6.45) is 14.0. The molecule has 0 aromatic heterocycles. The van der Waals surface area contributed by atoms with E-state index in [2.05, 4.69) is 74.4 Å². The molecule has 0 heterocycles. The van der Waals surface area contributed by atoms with Gasteiger partial charge in [0.2, 0.25) is 0 Å². The van der Waals surface area contributed by atoms with Crippen LogP contribution in [-0.4, -0.2) is 20.0 Å². The number of phenols is 1. The molecule has 0 fully saturated rings. The minimum atomic E-state index is -0.0666. The van der Waals surface area contributed by atoms with Crippen LogP contribution in [0.3, 0.4) is 0 Å². The van der Waals surface area contributed by atoms with Crippen LogP contribution in [0.25, 0.3) is 0 Å². The first-order chi connectivity index (χ1) is 14.8. The molecule has 0 aliphatic heterocycles. The lowest BCUT2D eigenvalue weighted by atomic mass is 9.79. The van der Waals surface area contributed by atoms with Gasteiger partial charge in [0, 0.05) is 10.5 Å². The third-order valence-corrected chi connectivity index (χ3v) is 9.39. The second kappa shape index (κ2) is 13.5. The number of thioether (sulfide) groups is 1. The number of benzene rings is 1. The Bertz CT molecular complexity index is 667. The molecule has 0 bridgehead atoms. The zero-order chi connectivity index (χ0) is 24.4. The van der Waals surface area contributed by atoms with Crippen LogP contribution in [0.2, 0.25) is 5.04 Å². The molecule has 0 aliphatic carbocycles. The fourth-order valence-electron chi connectivity index (χ4n) is 4.30. The third-order valence-electron chi connectivity index (χ3n) is 6.38. The van der Waals surface area contributed by atoms with Gasteiger partial charge in [-0.2, -0.15) is 0 Å². The molecule has 3 heteroatoms. The Morgan fingerprint density at radius 3 is 1.78 bits per heavy atom. The van der Waals surface area contributed by atoms with Gasteiger partial charge in [0.05, 0.1) is 9.52 Å². The van der Waals surface area contributed by atoms with E-state index < -0.39 is 0 Å². The van der Waals surface area contributed by atoms with E-state index in [9.17, 15) is 5.11 Å². The minimum absolute atomic E-state index is 0.0491. The normalized spacial score (nSPS) is 13.0. The first-order valence-corrected chi connectivity index (χ1v) is 15.2. The SMILES string of the molecule is CCCCCCCCCCCC(C)(C)[Si]CSc1ccc(C(C)(C)C)c(O)c1C(C)(C)C. The Morgan fingerprint density at radius 1 is 0.750 bits per heavy atom. The van der Waals surface area contributed by atoms with Crippen LogP contribution >= 0.6 is 11.8 Å². The van der Waals surface area contributed by atoms with E-state index >= 15 is 0 Å². The highest BCUT2D eigenvalue weighted by molar-refractivity contribution is 8.00. The molecule has 2 radical (unpaired) electrons. The number of phenolic OH excluding ortho intramolecular Hbond substituents is 1. The summed E-state index contributed by atoms with van der Waals surface area (Å²) in [5.74, 6) is 0.507. The summed E-state index contributed by atoms with van der Waals surface area (Å²) in [4.78, 5) is 1.26. The van der Waals surface area contributed by atoms with Gasteiger partial charge < -0.3 is 5.11 Å². The van der Waals surface area contributed by atoms with Crippen molar-refractivity contribution in [1.29, 1.82) is 0 Å². The van der Waals surface area contributed by atoms with Crippen molar-refractivity contribution >= 4 is 21.3 Å². The lowest BCUT2D eigenvalue weighted by molar-refractivity contribution is 0.419. The van der Waals surface area contributed by atoms with Gasteiger partial charge in [0.15, 0.2) is 0 Å². The van der Waals surface area contributed by atoms with Crippen molar-refractivity contribution in [2.75, 3.05) is 5.38 Å². The van der Waals surface area contributed by atoms with Crippen LogP contribution in [0.15, 0.2) is 17.0 Å². The molecular formula is C29H52OSSi. The van der Waals surface area contributed by atoms with E-state index in [0.717, 1.165) is 26.0 Å². The number of unbranched alkanes of at least 4 members (excludes halogenated alkanes) is 8. The molecule has 0 aliphatic rings. The largest absolute Gasteiger partial charge is 0.507 e. The molecular weight excluding hydrogens is 424 g/mol. The predicted octanol–water partition coefficient (Wildman–Crippen LogP) is 9.86. The van der Waals surface area contributed by atoms with Gasteiger partial charge in [-0.25, -0.2) is 0 Å². The molecule has 1 N–H and O–H groups in total. The van der Waals surface area contributed by atoms with Crippen molar-refractivity contribution in [3.63, 3.8) is 0 Å². The molecule has 0 atom stereocenters. The van der Waals surface area contributed by atoms with Gasteiger partial charge in [0.1, 0.15) is 5.75 Å². The highest BCUT2D eigenvalue weighted by Crippen LogP contribution is 2.44. The smallest absolute Gasteiger partial charge is 0.124 e. The van der Waals surface area contributed by atoms with E-state index in [1.54, 1.807) is 0 Å². The van der Waals surface area contributed by atoms with Gasteiger partial charge in [-0.05, 0) is 32.9 Å². The molecule has 0 amide bonds. The van der Waals surface area contributed by atoms with Crippen molar-refractivity contribution in [1.82, 2.24) is 0 Å². The highest BCUT2D eigenvalue weighted by atomic mass is 32.2. The second-order valence-corrected chi connectivity index (χ2v) is 15.9. The molecule has 1 nitrogen and oxygen atoms in total. The zero-order valence-corrected chi connectivity index (χ0v) is 24.6. The van der Waals surface area contributed by atoms with Crippen LogP contribution in [0, 0.1) is 0 Å². The maximum Gasteiger partial charge on any atom is 0.124 e. The quantitative estimate of drug-likeness (QED) is 0.164. The Kier molecular flexibility index (Phi) is 12.5. The molecule has 0 saturated heterocycles. The summed E-state index contributed by atoms with van der Waals surface area (Å²) < 4.78 is 0. The molecule has 0 saturated carbocycles. The fraction of sp³-hybridized carbons (Fsp3) is 0.793. The lowest BCUT2D eigenvalue weighted by Gasteiger charge is -2.29. The first kappa shape index (κ1) is 29.6. The summed E-state index contributed by atoms with van der Waals surface area (Å²) in [7, 11) is 0.941. The number of hydrogen-bond acceptors (Lipinski definition) is 2. The molecule has 1 aromatic rings. The fourth-order valence-corrected chi connectivity index (χ4v) is 7.84. The predicted molar refractivity (Wildman–Crippen MR) is 148 cm³/mol. The Balaban J connectivity index is 2.53. The molecule has 1 aromatic carbocycles. The van der Waals surface area contributed by atoms with E-state index in [1.165, 1.54) is 69.1 Å². The third kappa shape index (κ3) is 10.7. The number of aromatic hydroxyl groups is 1. The summed E-state index contributed by atoms with van der Waals surface area (Å²) in [5.41, 5.74) is 2.06. The summed E-state index contributed by atoms with van der Waals surface area (Å²) >= 11 is 1.94. The van der Waals surface area contributed by atoms with Gasteiger partial charge in [-0.3, -0.25) is 0 Å². The van der Waals surface area contributed by atoms with E-state index in [1.807, 2.05) is 11.8 Å². The van der Waals surface area contributed by atoms with Gasteiger partial charge >= 0.3 is 0 Å². The Morgan fingerprint density at radius 2 is 1.28 bits per heavy atom. The van der Waals surface area contributed by atoms with Gasteiger partial charge in [-0.1, -0.05) is 133 Å². The Labute approximate surface area is 207 Å². The summed E-state index contributed by atoms with van der Waals surface area (Å²) in [6, 6.07) is 4.40. The second-order valence-electron chi connectivity index (χ2n) is 12.3. The van der Waals surface area contributed by atoms with E-state index in [-0.39, 0.29) is 10.8 Å². The average Bonchev–Trinajstić information content (AvgIpc) is 2.64. The monoisotopic (exact) mass is 476 g/mol. The van der Waals surface area contributed by atoms with Crippen LogP contribution in [0.5, 0.6) is 5.75 Å². The van der Waals surface area contributed by atoms with Crippen molar-refractivity contribution in [2.24, 2.45) is 0 Å². The van der Waals surface area contributed by atoms with E-state index in [0.29, 0.717) is 10.8 Å². The maximum absolute atomic E-state index is 11.1. The van der Waals surface area contributed by atoms with Crippen molar-refractivity contribution in [3.8, 4) is 5.75 Å². The van der Waals surface area contributed by atoms with Gasteiger partial charge in [0.25, 0.3) is 0 Å². The number of rotatable bonds is 14. The molecule has 184 valence electrons. The number of hydrogen-bond donors (Lipinski definition) is 1. The average molecular weight is 477 g/mol. The van der Waals surface area contributed by atoms with E-state index in [4.69, 9.17) is 0 Å². The van der Waals surface area contributed by atoms with Crippen LogP contribution in [0.4, 0.5) is 0 Å². The topological polar surface area (TPSA) is 20.2 Å². The molecule has 0 spiro atoms.